The number of ether oxygens (including phenoxy) is 1. The highest BCUT2D eigenvalue weighted by Crippen LogP contribution is 2.45. The Balaban J connectivity index is 1.67. The standard InChI is InChI=1S/C36H37F3N6O3S/c1-8-31(47)45-19(3)14-44-30(22(45)6)13-29(42-44)35-32(25(16-48-15-20(4)46)26(38)11-18(2)37)33-27(39)17-49-36(33)34(40-35)23-9-10-24-21(5)43(7)41-28(24)12-23/h8-13,17,19-20,22,46H,1,14-16H2,2-7H3/b18-11+,26-25?/t19-,20+,22+/m0/s1. The van der Waals surface area contributed by atoms with E-state index in [-0.39, 0.29) is 40.8 Å². The number of halogens is 3. The summed E-state index contributed by atoms with van der Waals surface area (Å²) in [6, 6.07) is 6.86. The largest absolute Gasteiger partial charge is 0.391 e. The molecule has 0 unspecified atom stereocenters. The number of amides is 1. The topological polar surface area (TPSA) is 98.3 Å². The number of aryl methyl sites for hydroxylation is 2. The van der Waals surface area contributed by atoms with Gasteiger partial charge in [0.15, 0.2) is 0 Å². The van der Waals surface area contributed by atoms with Gasteiger partial charge in [-0.2, -0.15) is 10.2 Å². The average Bonchev–Trinajstić information content (AvgIpc) is 3.73. The van der Waals surface area contributed by atoms with Crippen LogP contribution in [0.5, 0.6) is 0 Å². The van der Waals surface area contributed by atoms with Crippen molar-refractivity contribution in [2.75, 3.05) is 13.2 Å². The number of fused-ring (bicyclic) bond motifs is 3. The van der Waals surface area contributed by atoms with Gasteiger partial charge in [0.05, 0.1) is 65.0 Å². The molecule has 4 aromatic heterocycles. The summed E-state index contributed by atoms with van der Waals surface area (Å²) in [4.78, 5) is 19.6. The molecule has 5 heterocycles. The molecule has 1 aliphatic rings. The maximum Gasteiger partial charge on any atom is 0.246 e. The number of allylic oxidation sites excluding steroid dienone is 3. The van der Waals surface area contributed by atoms with Gasteiger partial charge in [-0.3, -0.25) is 14.2 Å². The minimum atomic E-state index is -0.979. The number of carbonyl (C=O) groups excluding carboxylic acids is 1. The number of aliphatic hydroxyl groups is 1. The van der Waals surface area contributed by atoms with Crippen molar-refractivity contribution < 1.29 is 27.8 Å². The number of hydrogen-bond donors (Lipinski definition) is 1. The molecule has 0 radical (unpaired) electrons. The molecule has 0 spiro atoms. The fourth-order valence-corrected chi connectivity index (χ4v) is 7.43. The maximum atomic E-state index is 16.1. The summed E-state index contributed by atoms with van der Waals surface area (Å²) in [6.07, 6.45) is 1.12. The van der Waals surface area contributed by atoms with E-state index < -0.39 is 36.2 Å². The Labute approximate surface area is 285 Å². The fourth-order valence-electron chi connectivity index (χ4n) is 6.49. The van der Waals surface area contributed by atoms with E-state index in [4.69, 9.17) is 14.8 Å². The number of aliphatic hydroxyl groups excluding tert-OH is 1. The number of thiophene rings is 1. The molecule has 0 aliphatic carbocycles. The lowest BCUT2D eigenvalue weighted by molar-refractivity contribution is -0.131. The van der Waals surface area contributed by atoms with Crippen LogP contribution in [0.2, 0.25) is 0 Å². The number of nitrogens with zero attached hydrogens (tertiary/aromatic N) is 6. The second-order valence-corrected chi connectivity index (χ2v) is 13.3. The number of aromatic nitrogens is 5. The van der Waals surface area contributed by atoms with E-state index >= 15 is 8.78 Å². The van der Waals surface area contributed by atoms with Crippen molar-refractivity contribution in [3.8, 4) is 22.6 Å². The van der Waals surface area contributed by atoms with Gasteiger partial charge in [0.1, 0.15) is 17.3 Å². The van der Waals surface area contributed by atoms with Crippen molar-refractivity contribution in [3.63, 3.8) is 0 Å². The van der Waals surface area contributed by atoms with Gasteiger partial charge in [0.25, 0.3) is 0 Å². The first kappa shape index (κ1) is 34.3. The quantitative estimate of drug-likeness (QED) is 0.127. The molecular formula is C36H37F3N6O3S. The van der Waals surface area contributed by atoms with Crippen molar-refractivity contribution in [1.29, 1.82) is 0 Å². The van der Waals surface area contributed by atoms with E-state index in [9.17, 15) is 14.3 Å². The van der Waals surface area contributed by atoms with Gasteiger partial charge >= 0.3 is 0 Å². The normalized spacial score (nSPS) is 17.8. The second-order valence-electron chi connectivity index (χ2n) is 12.4. The first-order valence-electron chi connectivity index (χ1n) is 15.9. The first-order chi connectivity index (χ1) is 23.3. The van der Waals surface area contributed by atoms with E-state index in [2.05, 4.69) is 11.7 Å². The Hall–Kier alpha value is -4.59. The van der Waals surface area contributed by atoms with Crippen LogP contribution < -0.4 is 0 Å². The van der Waals surface area contributed by atoms with E-state index in [1.54, 1.807) is 20.3 Å². The van der Waals surface area contributed by atoms with Gasteiger partial charge in [-0.05, 0) is 52.8 Å². The third-order valence-electron chi connectivity index (χ3n) is 8.84. The molecule has 1 N–H and O–H groups in total. The molecule has 0 saturated carbocycles. The van der Waals surface area contributed by atoms with Crippen molar-refractivity contribution >= 4 is 43.8 Å². The van der Waals surface area contributed by atoms with Gasteiger partial charge in [-0.1, -0.05) is 18.7 Å². The number of carbonyl (C=O) groups is 1. The molecule has 0 saturated heterocycles. The van der Waals surface area contributed by atoms with E-state index in [1.165, 1.54) is 18.4 Å². The molecule has 5 aromatic rings. The van der Waals surface area contributed by atoms with Crippen molar-refractivity contribution in [2.24, 2.45) is 7.05 Å². The molecule has 0 bridgehead atoms. The van der Waals surface area contributed by atoms with Crippen LogP contribution in [0.3, 0.4) is 0 Å². The molecule has 6 rings (SSSR count). The zero-order valence-corrected chi connectivity index (χ0v) is 28.9. The van der Waals surface area contributed by atoms with Crippen LogP contribution in [0.15, 0.2) is 60.0 Å². The van der Waals surface area contributed by atoms with Gasteiger partial charge in [0.2, 0.25) is 5.91 Å². The van der Waals surface area contributed by atoms with Crippen LogP contribution in [0.1, 0.15) is 50.7 Å². The summed E-state index contributed by atoms with van der Waals surface area (Å²) in [5.74, 6) is -2.63. The second kappa shape index (κ2) is 13.4. The first-order valence-corrected chi connectivity index (χ1v) is 16.7. The van der Waals surface area contributed by atoms with Crippen molar-refractivity contribution in [2.45, 2.75) is 59.4 Å². The summed E-state index contributed by atoms with van der Waals surface area (Å²) in [6.45, 7) is 11.8. The molecule has 3 atom stereocenters. The molecule has 256 valence electrons. The van der Waals surface area contributed by atoms with Crippen molar-refractivity contribution in [3.05, 3.63) is 82.8 Å². The molecule has 49 heavy (non-hydrogen) atoms. The van der Waals surface area contributed by atoms with E-state index in [0.29, 0.717) is 40.0 Å². The monoisotopic (exact) mass is 690 g/mol. The van der Waals surface area contributed by atoms with Crippen LogP contribution in [0, 0.1) is 12.7 Å². The Morgan fingerprint density at radius 3 is 2.67 bits per heavy atom. The molecule has 0 fully saturated rings. The molecule has 13 heteroatoms. The fraction of sp³-hybridized carbons (Fsp3) is 0.333. The SMILES string of the molecule is C=CC(=O)N1[C@H](C)c2cc(-c3nc(-c4ccc5c(C)n(C)nc5c4)c4scc(F)c4c3C(COC[C@@H](C)O)=C(F)/C=C(\C)F)nn2C[C@@H]1C. The lowest BCUT2D eigenvalue weighted by Gasteiger charge is -2.38. The Bertz CT molecular complexity index is 2180. The average molecular weight is 691 g/mol. The lowest BCUT2D eigenvalue weighted by atomic mass is 9.95. The third-order valence-corrected chi connectivity index (χ3v) is 9.79. The summed E-state index contributed by atoms with van der Waals surface area (Å²) in [5, 5.41) is 21.7. The van der Waals surface area contributed by atoms with Crippen LogP contribution in [0.4, 0.5) is 13.2 Å². The van der Waals surface area contributed by atoms with Gasteiger partial charge in [0, 0.05) is 57.7 Å². The van der Waals surface area contributed by atoms with Crippen LogP contribution >= 0.6 is 11.3 Å². The van der Waals surface area contributed by atoms with Crippen LogP contribution in [-0.4, -0.2) is 65.8 Å². The van der Waals surface area contributed by atoms with Gasteiger partial charge < -0.3 is 14.7 Å². The van der Waals surface area contributed by atoms with Crippen LogP contribution in [0.25, 0.3) is 49.2 Å². The zero-order valence-electron chi connectivity index (χ0n) is 28.1. The molecule has 1 aromatic carbocycles. The highest BCUT2D eigenvalue weighted by atomic mass is 32.1. The van der Waals surface area contributed by atoms with E-state index in [1.807, 2.05) is 46.0 Å². The molecule has 1 aliphatic heterocycles. The van der Waals surface area contributed by atoms with Crippen LogP contribution in [-0.2, 0) is 23.1 Å². The third kappa shape index (κ3) is 6.22. The molecular weight excluding hydrogens is 653 g/mol. The minimum Gasteiger partial charge on any atom is -0.391 e. The summed E-state index contributed by atoms with van der Waals surface area (Å²) >= 11 is 1.12. The zero-order chi connectivity index (χ0) is 35.3. The summed E-state index contributed by atoms with van der Waals surface area (Å²) < 4.78 is 56.1. The number of rotatable bonds is 9. The number of benzene rings is 1. The predicted octanol–water partition coefficient (Wildman–Crippen LogP) is 7.59. The van der Waals surface area contributed by atoms with E-state index in [0.717, 1.165) is 34.9 Å². The van der Waals surface area contributed by atoms with Gasteiger partial charge in [-0.25, -0.2) is 18.2 Å². The highest BCUT2D eigenvalue weighted by Gasteiger charge is 2.35. The Morgan fingerprint density at radius 2 is 1.98 bits per heavy atom. The number of hydrogen-bond acceptors (Lipinski definition) is 7. The highest BCUT2D eigenvalue weighted by molar-refractivity contribution is 7.17. The predicted molar refractivity (Wildman–Crippen MR) is 186 cm³/mol. The Morgan fingerprint density at radius 1 is 1.22 bits per heavy atom. The van der Waals surface area contributed by atoms with Crippen molar-refractivity contribution in [1.82, 2.24) is 29.4 Å². The maximum absolute atomic E-state index is 16.1. The Kier molecular flexibility index (Phi) is 9.36. The summed E-state index contributed by atoms with van der Waals surface area (Å²) in [5.41, 5.74) is 3.86. The summed E-state index contributed by atoms with van der Waals surface area (Å²) in [7, 11) is 1.86. The smallest absolute Gasteiger partial charge is 0.246 e. The lowest BCUT2D eigenvalue weighted by Crippen LogP contribution is -2.46. The molecule has 1 amide bonds. The minimum absolute atomic E-state index is 0.0584. The molecule has 9 nitrogen and oxygen atoms in total. The number of pyridine rings is 1. The van der Waals surface area contributed by atoms with Gasteiger partial charge in [-0.15, -0.1) is 11.3 Å².